The molecular weight excluding hydrogens is 365 g/mol. The third-order valence-electron chi connectivity index (χ3n) is 3.84. The van der Waals surface area contributed by atoms with E-state index in [1.807, 2.05) is 4.90 Å². The second-order valence-corrected chi connectivity index (χ2v) is 7.33. The topological polar surface area (TPSA) is 107 Å². The first-order valence-corrected chi connectivity index (χ1v) is 8.65. The van der Waals surface area contributed by atoms with Crippen LogP contribution in [0.15, 0.2) is 23.1 Å². The lowest BCUT2D eigenvalue weighted by Gasteiger charge is -2.33. The Kier molecular flexibility index (Phi) is 8.26. The number of rotatable bonds is 4. The molecule has 132 valence electrons. The molecule has 0 saturated carbocycles. The van der Waals surface area contributed by atoms with Gasteiger partial charge in [0.15, 0.2) is 9.84 Å². The van der Waals surface area contributed by atoms with Gasteiger partial charge in [-0.15, -0.1) is 24.8 Å². The van der Waals surface area contributed by atoms with E-state index in [9.17, 15) is 18.5 Å². The predicted octanol–water partition coefficient (Wildman–Crippen LogP) is 2.02. The molecule has 0 unspecified atom stereocenters. The van der Waals surface area contributed by atoms with Gasteiger partial charge in [-0.25, -0.2) is 8.42 Å². The van der Waals surface area contributed by atoms with Crippen molar-refractivity contribution >= 4 is 46.0 Å². The highest BCUT2D eigenvalue weighted by Gasteiger charge is 2.25. The van der Waals surface area contributed by atoms with Crippen molar-refractivity contribution in [2.24, 2.45) is 11.7 Å². The number of non-ortho nitro benzene ring substituents is 1. The van der Waals surface area contributed by atoms with Gasteiger partial charge in [-0.3, -0.25) is 10.1 Å². The van der Waals surface area contributed by atoms with Crippen LogP contribution in [0.5, 0.6) is 0 Å². The summed E-state index contributed by atoms with van der Waals surface area (Å²) in [5, 5.41) is 10.9. The number of piperidine rings is 1. The van der Waals surface area contributed by atoms with Gasteiger partial charge in [-0.2, -0.15) is 0 Å². The monoisotopic (exact) mass is 385 g/mol. The van der Waals surface area contributed by atoms with Crippen LogP contribution in [0, 0.1) is 16.0 Å². The third-order valence-corrected chi connectivity index (χ3v) is 4.99. The number of benzene rings is 1. The summed E-state index contributed by atoms with van der Waals surface area (Å²) in [5.74, 6) is 0.432. The minimum absolute atomic E-state index is 0. The average Bonchev–Trinajstić information content (AvgIpc) is 2.45. The van der Waals surface area contributed by atoms with Crippen LogP contribution < -0.4 is 10.6 Å². The first-order chi connectivity index (χ1) is 9.82. The summed E-state index contributed by atoms with van der Waals surface area (Å²) in [4.78, 5) is 12.4. The van der Waals surface area contributed by atoms with E-state index in [0.29, 0.717) is 31.2 Å². The van der Waals surface area contributed by atoms with Crippen LogP contribution in [0.25, 0.3) is 0 Å². The van der Waals surface area contributed by atoms with Gasteiger partial charge in [0, 0.05) is 31.5 Å². The lowest BCUT2D eigenvalue weighted by Crippen LogP contribution is -2.36. The van der Waals surface area contributed by atoms with Gasteiger partial charge >= 0.3 is 0 Å². The fourth-order valence-corrected chi connectivity index (χ4v) is 3.47. The zero-order chi connectivity index (χ0) is 15.6. The number of nitro groups is 1. The number of hydrogen-bond donors (Lipinski definition) is 1. The molecule has 2 N–H and O–H groups in total. The zero-order valence-corrected chi connectivity index (χ0v) is 15.1. The van der Waals surface area contributed by atoms with Gasteiger partial charge in [0.05, 0.1) is 15.5 Å². The normalized spacial score (nSPS) is 15.5. The van der Waals surface area contributed by atoms with E-state index >= 15 is 0 Å². The lowest BCUT2D eigenvalue weighted by molar-refractivity contribution is -0.384. The highest BCUT2D eigenvalue weighted by atomic mass is 35.5. The Hall–Kier alpha value is -1.09. The molecule has 1 fully saturated rings. The second kappa shape index (κ2) is 8.68. The molecule has 0 amide bonds. The van der Waals surface area contributed by atoms with Gasteiger partial charge in [0.2, 0.25) is 0 Å². The summed E-state index contributed by atoms with van der Waals surface area (Å²) in [7, 11) is -3.43. The van der Waals surface area contributed by atoms with Crippen LogP contribution in [0.1, 0.15) is 12.8 Å². The van der Waals surface area contributed by atoms with Crippen molar-refractivity contribution in [1.82, 2.24) is 0 Å². The molecule has 1 saturated heterocycles. The molecular formula is C13H21Cl2N3O4S. The average molecular weight is 386 g/mol. The number of anilines is 1. The number of halogens is 2. The van der Waals surface area contributed by atoms with Gasteiger partial charge in [-0.05, 0) is 31.4 Å². The van der Waals surface area contributed by atoms with E-state index < -0.39 is 14.8 Å². The SMILES string of the molecule is CS(=O)(=O)c1ccc([N+](=O)[O-])cc1N1CCC(CN)CC1.Cl.Cl. The fraction of sp³-hybridized carbons (Fsp3) is 0.538. The van der Waals surface area contributed by atoms with Crippen LogP contribution in [0.2, 0.25) is 0 Å². The third kappa shape index (κ3) is 5.20. The zero-order valence-electron chi connectivity index (χ0n) is 12.7. The van der Waals surface area contributed by atoms with Crippen molar-refractivity contribution in [3.8, 4) is 0 Å². The molecule has 0 bridgehead atoms. The number of nitrogens with zero attached hydrogens (tertiary/aromatic N) is 2. The molecule has 1 aromatic rings. The largest absolute Gasteiger partial charge is 0.370 e. The van der Waals surface area contributed by atoms with Crippen LogP contribution in [-0.4, -0.2) is 39.2 Å². The molecule has 23 heavy (non-hydrogen) atoms. The minimum Gasteiger partial charge on any atom is -0.370 e. The Bertz CT molecular complexity index is 647. The smallest absolute Gasteiger partial charge is 0.271 e. The van der Waals surface area contributed by atoms with Gasteiger partial charge in [0.25, 0.3) is 5.69 Å². The van der Waals surface area contributed by atoms with Crippen molar-refractivity contribution in [2.45, 2.75) is 17.7 Å². The molecule has 0 radical (unpaired) electrons. The quantitative estimate of drug-likeness (QED) is 0.627. The lowest BCUT2D eigenvalue weighted by atomic mass is 9.97. The van der Waals surface area contributed by atoms with Gasteiger partial charge in [-0.1, -0.05) is 0 Å². The standard InChI is InChI=1S/C13H19N3O4S.2ClH/c1-21(19,20)13-3-2-11(16(17)18)8-12(13)15-6-4-10(9-14)5-7-15;;/h2-3,8,10H,4-7,9,14H2,1H3;2*1H. The van der Waals surface area contributed by atoms with Crippen molar-refractivity contribution in [3.63, 3.8) is 0 Å². The molecule has 1 aliphatic heterocycles. The first kappa shape index (κ1) is 21.9. The fourth-order valence-electron chi connectivity index (χ4n) is 2.59. The summed E-state index contributed by atoms with van der Waals surface area (Å²) < 4.78 is 23.8. The highest BCUT2D eigenvalue weighted by molar-refractivity contribution is 7.90. The summed E-state index contributed by atoms with van der Waals surface area (Å²) in [6.45, 7) is 1.93. The summed E-state index contributed by atoms with van der Waals surface area (Å²) in [5.41, 5.74) is 5.97. The Morgan fingerprint density at radius 2 is 1.87 bits per heavy atom. The second-order valence-electron chi connectivity index (χ2n) is 5.35. The summed E-state index contributed by atoms with van der Waals surface area (Å²) in [6, 6.07) is 3.89. The maximum atomic E-state index is 11.9. The van der Waals surface area contributed by atoms with Crippen LogP contribution >= 0.6 is 24.8 Å². The Morgan fingerprint density at radius 3 is 2.30 bits per heavy atom. The van der Waals surface area contributed by atoms with E-state index in [4.69, 9.17) is 5.73 Å². The molecule has 0 aliphatic carbocycles. The molecule has 0 aromatic heterocycles. The van der Waals surface area contributed by atoms with Gasteiger partial charge < -0.3 is 10.6 Å². The van der Waals surface area contributed by atoms with Crippen LogP contribution in [0.4, 0.5) is 11.4 Å². The molecule has 1 aliphatic rings. The predicted molar refractivity (Wildman–Crippen MR) is 94.7 cm³/mol. The molecule has 1 heterocycles. The summed E-state index contributed by atoms with van der Waals surface area (Å²) in [6.07, 6.45) is 2.84. The molecule has 1 aromatic carbocycles. The van der Waals surface area contributed by atoms with Crippen molar-refractivity contribution in [1.29, 1.82) is 0 Å². The maximum Gasteiger partial charge on any atom is 0.271 e. The van der Waals surface area contributed by atoms with E-state index in [1.165, 1.54) is 18.2 Å². The number of sulfone groups is 1. The molecule has 7 nitrogen and oxygen atoms in total. The van der Waals surface area contributed by atoms with Crippen molar-refractivity contribution in [2.75, 3.05) is 30.8 Å². The Morgan fingerprint density at radius 1 is 1.30 bits per heavy atom. The summed E-state index contributed by atoms with van der Waals surface area (Å²) >= 11 is 0. The Labute approximate surface area is 148 Å². The first-order valence-electron chi connectivity index (χ1n) is 6.76. The van der Waals surface area contributed by atoms with E-state index in [1.54, 1.807) is 0 Å². The minimum atomic E-state index is -3.43. The number of nitro benzene ring substituents is 1. The number of hydrogen-bond acceptors (Lipinski definition) is 6. The molecule has 2 rings (SSSR count). The van der Waals surface area contributed by atoms with E-state index in [2.05, 4.69) is 0 Å². The highest BCUT2D eigenvalue weighted by Crippen LogP contribution is 2.32. The van der Waals surface area contributed by atoms with Crippen LogP contribution in [0.3, 0.4) is 0 Å². The van der Waals surface area contributed by atoms with Crippen molar-refractivity contribution < 1.29 is 13.3 Å². The van der Waals surface area contributed by atoms with Crippen molar-refractivity contribution in [3.05, 3.63) is 28.3 Å². The van der Waals surface area contributed by atoms with E-state index in [-0.39, 0.29) is 35.4 Å². The molecule has 0 atom stereocenters. The molecule has 0 spiro atoms. The van der Waals surface area contributed by atoms with Gasteiger partial charge in [0.1, 0.15) is 0 Å². The molecule has 10 heteroatoms. The number of nitrogens with two attached hydrogens (primary N) is 1. The maximum absolute atomic E-state index is 11.9. The Balaban J connectivity index is 0.00000242. The van der Waals surface area contributed by atoms with E-state index in [0.717, 1.165) is 19.1 Å². The van der Waals surface area contributed by atoms with Crippen LogP contribution in [-0.2, 0) is 9.84 Å².